The molecular weight excluding hydrogens is 293 g/mol. The Kier molecular flexibility index (Phi) is 4.91. The molecule has 2 aromatic carbocycles. The topological polar surface area (TPSA) is 30.5 Å². The van der Waals surface area contributed by atoms with Crippen molar-refractivity contribution in [3.8, 4) is 11.5 Å². The first-order valence-electron chi connectivity index (χ1n) is 6.45. The quantitative estimate of drug-likeness (QED) is 0.887. The summed E-state index contributed by atoms with van der Waals surface area (Å²) in [6.07, 6.45) is 0. The first-order chi connectivity index (χ1) is 10.0. The van der Waals surface area contributed by atoms with E-state index < -0.39 is 0 Å². The molecule has 0 heterocycles. The average molecular weight is 310 g/mol. The van der Waals surface area contributed by atoms with Crippen molar-refractivity contribution in [1.82, 2.24) is 0 Å². The normalized spacial score (nSPS) is 10.3. The molecule has 0 atom stereocenters. The van der Waals surface area contributed by atoms with E-state index in [0.717, 1.165) is 16.8 Å². The molecule has 2 aromatic rings. The van der Waals surface area contributed by atoms with Gasteiger partial charge >= 0.3 is 0 Å². The first kappa shape index (κ1) is 15.4. The lowest BCUT2D eigenvalue weighted by Crippen LogP contribution is -2.03. The molecule has 5 heteroatoms. The summed E-state index contributed by atoms with van der Waals surface area (Å²) >= 11 is 6.02. The van der Waals surface area contributed by atoms with Gasteiger partial charge in [-0.15, -0.1) is 0 Å². The van der Waals surface area contributed by atoms with Crippen LogP contribution >= 0.6 is 11.6 Å². The van der Waals surface area contributed by atoms with E-state index in [9.17, 15) is 4.39 Å². The zero-order chi connectivity index (χ0) is 15.4. The highest BCUT2D eigenvalue weighted by atomic mass is 35.5. The van der Waals surface area contributed by atoms with Gasteiger partial charge in [-0.05, 0) is 36.2 Å². The molecule has 0 radical (unpaired) electrons. The molecule has 0 saturated heterocycles. The van der Waals surface area contributed by atoms with Gasteiger partial charge in [0.05, 0.1) is 14.2 Å². The van der Waals surface area contributed by atoms with Gasteiger partial charge in [0.25, 0.3) is 0 Å². The highest BCUT2D eigenvalue weighted by Crippen LogP contribution is 2.33. The Morgan fingerprint density at radius 1 is 1.10 bits per heavy atom. The molecular formula is C16H17ClFNO2. The van der Waals surface area contributed by atoms with Crippen molar-refractivity contribution in [2.24, 2.45) is 0 Å². The van der Waals surface area contributed by atoms with Crippen molar-refractivity contribution in [3.05, 3.63) is 52.3 Å². The Morgan fingerprint density at radius 2 is 1.76 bits per heavy atom. The Morgan fingerprint density at radius 3 is 2.38 bits per heavy atom. The SMILES string of the molecule is COc1cc(C)c(NCc2ccc(F)cc2Cl)cc1OC. The van der Waals surface area contributed by atoms with Crippen molar-refractivity contribution in [2.45, 2.75) is 13.5 Å². The second kappa shape index (κ2) is 6.68. The van der Waals surface area contributed by atoms with Crippen LogP contribution in [0.15, 0.2) is 30.3 Å². The van der Waals surface area contributed by atoms with E-state index in [1.165, 1.54) is 12.1 Å². The van der Waals surface area contributed by atoms with Crippen molar-refractivity contribution in [3.63, 3.8) is 0 Å². The van der Waals surface area contributed by atoms with Crippen LogP contribution < -0.4 is 14.8 Å². The fraction of sp³-hybridized carbons (Fsp3) is 0.250. The number of hydrogen-bond donors (Lipinski definition) is 1. The van der Waals surface area contributed by atoms with E-state index in [2.05, 4.69) is 5.32 Å². The Balaban J connectivity index is 2.19. The van der Waals surface area contributed by atoms with Crippen LogP contribution in [0.3, 0.4) is 0 Å². The molecule has 3 nitrogen and oxygen atoms in total. The Labute approximate surface area is 128 Å². The van der Waals surface area contributed by atoms with Gasteiger partial charge in [0, 0.05) is 23.3 Å². The van der Waals surface area contributed by atoms with Gasteiger partial charge in [-0.3, -0.25) is 0 Å². The third kappa shape index (κ3) is 3.58. The summed E-state index contributed by atoms with van der Waals surface area (Å²) in [5, 5.41) is 3.68. The van der Waals surface area contributed by atoms with E-state index in [1.54, 1.807) is 20.3 Å². The molecule has 0 aromatic heterocycles. The van der Waals surface area contributed by atoms with E-state index in [4.69, 9.17) is 21.1 Å². The second-order valence-corrected chi connectivity index (χ2v) is 5.02. The molecule has 0 aliphatic carbocycles. The maximum Gasteiger partial charge on any atom is 0.162 e. The highest BCUT2D eigenvalue weighted by molar-refractivity contribution is 6.31. The molecule has 0 unspecified atom stereocenters. The van der Waals surface area contributed by atoms with Gasteiger partial charge in [0.2, 0.25) is 0 Å². The molecule has 0 saturated carbocycles. The number of halogens is 2. The summed E-state index contributed by atoms with van der Waals surface area (Å²) in [7, 11) is 3.19. The lowest BCUT2D eigenvalue weighted by Gasteiger charge is -2.15. The van der Waals surface area contributed by atoms with Crippen molar-refractivity contribution >= 4 is 17.3 Å². The second-order valence-electron chi connectivity index (χ2n) is 4.61. The Hall–Kier alpha value is -1.94. The minimum Gasteiger partial charge on any atom is -0.493 e. The van der Waals surface area contributed by atoms with Crippen LogP contribution in [0, 0.1) is 12.7 Å². The van der Waals surface area contributed by atoms with Crippen molar-refractivity contribution in [2.75, 3.05) is 19.5 Å². The van der Waals surface area contributed by atoms with E-state index >= 15 is 0 Å². The van der Waals surface area contributed by atoms with Crippen LogP contribution in [0.1, 0.15) is 11.1 Å². The zero-order valence-corrected chi connectivity index (χ0v) is 12.9. The molecule has 0 aliphatic heterocycles. The van der Waals surface area contributed by atoms with Crippen LogP contribution in [0.25, 0.3) is 0 Å². The summed E-state index contributed by atoms with van der Waals surface area (Å²) in [5.74, 6) is 0.988. The summed E-state index contributed by atoms with van der Waals surface area (Å²) in [4.78, 5) is 0. The molecule has 2 rings (SSSR count). The van der Waals surface area contributed by atoms with Crippen molar-refractivity contribution in [1.29, 1.82) is 0 Å². The monoisotopic (exact) mass is 309 g/mol. The molecule has 1 N–H and O–H groups in total. The minimum atomic E-state index is -0.342. The fourth-order valence-corrected chi connectivity index (χ4v) is 2.26. The standard InChI is InChI=1S/C16H17ClFNO2/c1-10-6-15(20-2)16(21-3)8-14(10)19-9-11-4-5-12(18)7-13(11)17/h4-8,19H,9H2,1-3H3. The third-order valence-electron chi connectivity index (χ3n) is 3.21. The van der Waals surface area contributed by atoms with Gasteiger partial charge in [-0.25, -0.2) is 4.39 Å². The molecule has 0 amide bonds. The number of ether oxygens (including phenoxy) is 2. The molecule has 0 aliphatic rings. The van der Waals surface area contributed by atoms with E-state index in [-0.39, 0.29) is 5.82 Å². The smallest absolute Gasteiger partial charge is 0.162 e. The van der Waals surface area contributed by atoms with Gasteiger partial charge in [-0.2, -0.15) is 0 Å². The van der Waals surface area contributed by atoms with Crippen LogP contribution in [0.4, 0.5) is 10.1 Å². The number of rotatable bonds is 5. The molecule has 112 valence electrons. The molecule has 0 fully saturated rings. The predicted molar refractivity (Wildman–Crippen MR) is 83.0 cm³/mol. The molecule has 21 heavy (non-hydrogen) atoms. The lowest BCUT2D eigenvalue weighted by atomic mass is 10.1. The summed E-state index contributed by atoms with van der Waals surface area (Å²) in [6.45, 7) is 2.46. The number of benzene rings is 2. The van der Waals surface area contributed by atoms with Gasteiger partial charge in [0.1, 0.15) is 5.82 Å². The summed E-state index contributed by atoms with van der Waals surface area (Å²) in [6, 6.07) is 8.13. The lowest BCUT2D eigenvalue weighted by molar-refractivity contribution is 0.355. The van der Waals surface area contributed by atoms with Crippen LogP contribution in [-0.4, -0.2) is 14.2 Å². The van der Waals surface area contributed by atoms with Crippen molar-refractivity contribution < 1.29 is 13.9 Å². The third-order valence-corrected chi connectivity index (χ3v) is 3.57. The fourth-order valence-electron chi connectivity index (χ4n) is 2.03. The number of anilines is 1. The number of nitrogens with one attached hydrogen (secondary N) is 1. The highest BCUT2D eigenvalue weighted by Gasteiger charge is 2.09. The number of hydrogen-bond acceptors (Lipinski definition) is 3. The van der Waals surface area contributed by atoms with Gasteiger partial charge < -0.3 is 14.8 Å². The summed E-state index contributed by atoms with van der Waals surface area (Å²) < 4.78 is 23.6. The Bertz CT molecular complexity index is 646. The van der Waals surface area contributed by atoms with Gasteiger partial charge in [-0.1, -0.05) is 17.7 Å². The zero-order valence-electron chi connectivity index (χ0n) is 12.2. The van der Waals surface area contributed by atoms with E-state index in [1.807, 2.05) is 19.1 Å². The molecule has 0 bridgehead atoms. The number of aryl methyl sites for hydroxylation is 1. The van der Waals surface area contributed by atoms with Gasteiger partial charge in [0.15, 0.2) is 11.5 Å². The van der Waals surface area contributed by atoms with Crippen LogP contribution in [0.5, 0.6) is 11.5 Å². The van der Waals surface area contributed by atoms with Crippen LogP contribution in [0.2, 0.25) is 5.02 Å². The van der Waals surface area contributed by atoms with E-state index in [0.29, 0.717) is 23.1 Å². The summed E-state index contributed by atoms with van der Waals surface area (Å²) in [5.41, 5.74) is 2.76. The largest absolute Gasteiger partial charge is 0.493 e. The maximum atomic E-state index is 13.0. The molecule has 0 spiro atoms. The first-order valence-corrected chi connectivity index (χ1v) is 6.83. The number of methoxy groups -OCH3 is 2. The maximum absolute atomic E-state index is 13.0. The minimum absolute atomic E-state index is 0.342. The average Bonchev–Trinajstić information content (AvgIpc) is 2.47. The van der Waals surface area contributed by atoms with Crippen LogP contribution in [-0.2, 0) is 6.54 Å². The predicted octanol–water partition coefficient (Wildman–Crippen LogP) is 4.42.